The van der Waals surface area contributed by atoms with Gasteiger partial charge in [-0.1, -0.05) is 0 Å². The lowest BCUT2D eigenvalue weighted by molar-refractivity contribution is 0.562. The van der Waals surface area contributed by atoms with Gasteiger partial charge in [-0.25, -0.2) is 0 Å². The van der Waals surface area contributed by atoms with Gasteiger partial charge < -0.3 is 14.7 Å². The Morgan fingerprint density at radius 3 is 2.81 bits per heavy atom. The third-order valence-electron chi connectivity index (χ3n) is 3.71. The van der Waals surface area contributed by atoms with E-state index in [0.717, 1.165) is 23.6 Å². The summed E-state index contributed by atoms with van der Waals surface area (Å²) in [6.45, 7) is 5.07. The predicted molar refractivity (Wildman–Crippen MR) is 82.7 cm³/mol. The number of H-pyrrole nitrogens is 1. The van der Waals surface area contributed by atoms with Crippen LogP contribution < -0.4 is 5.32 Å². The summed E-state index contributed by atoms with van der Waals surface area (Å²) in [5, 5.41) is 3.56. The van der Waals surface area contributed by atoms with Crippen molar-refractivity contribution in [2.45, 2.75) is 26.4 Å². The average molecular weight is 281 g/mol. The summed E-state index contributed by atoms with van der Waals surface area (Å²) in [7, 11) is 0. The molecular formula is C17H19N3O. The quantitative estimate of drug-likeness (QED) is 0.747. The smallest absolute Gasteiger partial charge is 0.135 e. The molecule has 3 rings (SSSR count). The van der Waals surface area contributed by atoms with E-state index < -0.39 is 0 Å². The fraction of sp³-hybridized carbons (Fsp3) is 0.235. The minimum atomic E-state index is 0.226. The van der Waals surface area contributed by atoms with Crippen molar-refractivity contribution in [3.05, 3.63) is 65.9 Å². The number of hydrogen-bond donors (Lipinski definition) is 2. The van der Waals surface area contributed by atoms with Gasteiger partial charge in [-0.2, -0.15) is 0 Å². The van der Waals surface area contributed by atoms with Crippen LogP contribution in [-0.2, 0) is 6.54 Å². The van der Waals surface area contributed by atoms with Crippen LogP contribution in [0.25, 0.3) is 11.3 Å². The predicted octanol–water partition coefficient (Wildman–Crippen LogP) is 3.83. The maximum Gasteiger partial charge on any atom is 0.135 e. The molecule has 3 aromatic heterocycles. The van der Waals surface area contributed by atoms with E-state index in [2.05, 4.69) is 29.1 Å². The summed E-state index contributed by atoms with van der Waals surface area (Å²) in [6.07, 6.45) is 7.35. The van der Waals surface area contributed by atoms with Crippen molar-refractivity contribution in [2.24, 2.45) is 0 Å². The molecule has 0 saturated carbocycles. The topological polar surface area (TPSA) is 53.9 Å². The highest BCUT2D eigenvalue weighted by Gasteiger charge is 2.17. The molecule has 3 heterocycles. The van der Waals surface area contributed by atoms with Crippen LogP contribution in [0.1, 0.15) is 29.8 Å². The second-order valence-electron chi connectivity index (χ2n) is 5.18. The van der Waals surface area contributed by atoms with Crippen LogP contribution in [0.5, 0.6) is 0 Å². The van der Waals surface area contributed by atoms with Crippen LogP contribution in [0.3, 0.4) is 0 Å². The molecule has 4 nitrogen and oxygen atoms in total. The Balaban J connectivity index is 1.78. The van der Waals surface area contributed by atoms with Crippen LogP contribution in [-0.4, -0.2) is 9.97 Å². The van der Waals surface area contributed by atoms with Gasteiger partial charge in [0, 0.05) is 48.0 Å². The second-order valence-corrected chi connectivity index (χ2v) is 5.18. The highest BCUT2D eigenvalue weighted by Crippen LogP contribution is 2.31. The van der Waals surface area contributed by atoms with Gasteiger partial charge >= 0.3 is 0 Å². The highest BCUT2D eigenvalue weighted by atomic mass is 16.3. The fourth-order valence-corrected chi connectivity index (χ4v) is 2.61. The average Bonchev–Trinajstić information content (AvgIpc) is 3.15. The Kier molecular flexibility index (Phi) is 3.88. The first-order valence-corrected chi connectivity index (χ1v) is 7.09. The van der Waals surface area contributed by atoms with Gasteiger partial charge in [0.2, 0.25) is 0 Å². The zero-order chi connectivity index (χ0) is 14.7. The SMILES string of the molecule is Cc1[nH]cc(-c2ccco2)c1C(C)NCc1ccncc1. The Morgan fingerprint density at radius 2 is 2.10 bits per heavy atom. The summed E-state index contributed by atoms with van der Waals surface area (Å²) in [5.74, 6) is 0.895. The van der Waals surface area contributed by atoms with E-state index in [-0.39, 0.29) is 6.04 Å². The maximum absolute atomic E-state index is 5.53. The molecule has 0 aliphatic carbocycles. The normalized spacial score (nSPS) is 12.5. The number of pyridine rings is 1. The molecule has 0 saturated heterocycles. The molecule has 0 radical (unpaired) electrons. The van der Waals surface area contributed by atoms with E-state index in [4.69, 9.17) is 4.42 Å². The molecule has 2 N–H and O–H groups in total. The first kappa shape index (κ1) is 13.6. The van der Waals surface area contributed by atoms with Crippen LogP contribution >= 0.6 is 0 Å². The van der Waals surface area contributed by atoms with E-state index in [1.54, 1.807) is 6.26 Å². The molecule has 1 unspecified atom stereocenters. The summed E-state index contributed by atoms with van der Waals surface area (Å²) in [4.78, 5) is 7.33. The fourth-order valence-electron chi connectivity index (χ4n) is 2.61. The lowest BCUT2D eigenvalue weighted by Crippen LogP contribution is -2.19. The van der Waals surface area contributed by atoms with Gasteiger partial charge in [0.15, 0.2) is 0 Å². The van der Waals surface area contributed by atoms with Gasteiger partial charge in [-0.15, -0.1) is 0 Å². The standard InChI is InChI=1S/C17H19N3O/c1-12(19-10-14-5-7-18-8-6-14)17-13(2)20-11-15(17)16-4-3-9-21-16/h3-9,11-12,19-20H,10H2,1-2H3. The number of aryl methyl sites for hydroxylation is 1. The molecule has 0 fully saturated rings. The summed E-state index contributed by atoms with van der Waals surface area (Å²) >= 11 is 0. The zero-order valence-corrected chi connectivity index (χ0v) is 12.3. The maximum atomic E-state index is 5.53. The second kappa shape index (κ2) is 5.97. The first-order valence-electron chi connectivity index (χ1n) is 7.09. The summed E-state index contributed by atoms with van der Waals surface area (Å²) in [6, 6.07) is 8.18. The molecule has 4 heteroatoms. The van der Waals surface area contributed by atoms with E-state index in [9.17, 15) is 0 Å². The van der Waals surface area contributed by atoms with Crippen molar-refractivity contribution in [3.8, 4) is 11.3 Å². The minimum absolute atomic E-state index is 0.226. The number of aromatic nitrogens is 2. The van der Waals surface area contributed by atoms with E-state index >= 15 is 0 Å². The van der Waals surface area contributed by atoms with Gasteiger partial charge in [0.1, 0.15) is 5.76 Å². The lowest BCUT2D eigenvalue weighted by atomic mass is 10.0. The summed E-state index contributed by atoms with van der Waals surface area (Å²) in [5.41, 5.74) is 4.76. The molecule has 0 aliphatic rings. The van der Waals surface area contributed by atoms with Crippen LogP contribution in [0, 0.1) is 6.92 Å². The molecule has 0 amide bonds. The molecule has 0 aromatic carbocycles. The number of furan rings is 1. The first-order chi connectivity index (χ1) is 10.3. The van der Waals surface area contributed by atoms with Gasteiger partial charge in [-0.05, 0) is 43.7 Å². The zero-order valence-electron chi connectivity index (χ0n) is 12.3. The largest absolute Gasteiger partial charge is 0.464 e. The van der Waals surface area contributed by atoms with E-state index in [0.29, 0.717) is 0 Å². The van der Waals surface area contributed by atoms with Crippen molar-refractivity contribution in [1.82, 2.24) is 15.3 Å². The van der Waals surface area contributed by atoms with Crippen molar-refractivity contribution < 1.29 is 4.42 Å². The van der Waals surface area contributed by atoms with Crippen molar-refractivity contribution in [1.29, 1.82) is 0 Å². The van der Waals surface area contributed by atoms with E-state index in [1.165, 1.54) is 11.1 Å². The Hall–Kier alpha value is -2.33. The number of hydrogen-bond acceptors (Lipinski definition) is 3. The Bertz CT molecular complexity index is 686. The number of aromatic amines is 1. The van der Waals surface area contributed by atoms with Gasteiger partial charge in [-0.3, -0.25) is 4.98 Å². The van der Waals surface area contributed by atoms with Crippen LogP contribution in [0.2, 0.25) is 0 Å². The van der Waals surface area contributed by atoms with Crippen LogP contribution in [0.15, 0.2) is 53.5 Å². The molecule has 21 heavy (non-hydrogen) atoms. The van der Waals surface area contributed by atoms with Crippen LogP contribution in [0.4, 0.5) is 0 Å². The van der Waals surface area contributed by atoms with Gasteiger partial charge in [0.25, 0.3) is 0 Å². The molecule has 0 bridgehead atoms. The Morgan fingerprint density at radius 1 is 1.29 bits per heavy atom. The number of nitrogens with zero attached hydrogens (tertiary/aromatic N) is 1. The number of nitrogens with one attached hydrogen (secondary N) is 2. The molecule has 1 atom stereocenters. The molecule has 0 spiro atoms. The highest BCUT2D eigenvalue weighted by molar-refractivity contribution is 5.63. The number of rotatable bonds is 5. The monoisotopic (exact) mass is 281 g/mol. The molecule has 0 aliphatic heterocycles. The molecule has 108 valence electrons. The summed E-state index contributed by atoms with van der Waals surface area (Å²) < 4.78 is 5.53. The van der Waals surface area contributed by atoms with Crippen molar-refractivity contribution >= 4 is 0 Å². The van der Waals surface area contributed by atoms with Crippen molar-refractivity contribution in [3.63, 3.8) is 0 Å². The Labute approximate surface area is 124 Å². The van der Waals surface area contributed by atoms with Gasteiger partial charge in [0.05, 0.1) is 6.26 Å². The third kappa shape index (κ3) is 2.90. The van der Waals surface area contributed by atoms with Crippen molar-refractivity contribution in [2.75, 3.05) is 0 Å². The third-order valence-corrected chi connectivity index (χ3v) is 3.71. The molecule has 3 aromatic rings. The minimum Gasteiger partial charge on any atom is -0.464 e. The molecular weight excluding hydrogens is 262 g/mol. The van der Waals surface area contributed by atoms with E-state index in [1.807, 2.05) is 42.9 Å². The lowest BCUT2D eigenvalue weighted by Gasteiger charge is -2.16.